The molecule has 6 N–H and O–H groups in total. The molecule has 5 atom stereocenters. The van der Waals surface area contributed by atoms with Gasteiger partial charge in [0, 0.05) is 11.5 Å². The maximum atomic E-state index is 13.6. The number of primary amides is 1. The number of phenolic OH excluding ortho intramolecular Hbond substituents is 1. The molecule has 2 fully saturated rings. The number of aromatic hydroxyl groups is 1. The minimum atomic E-state index is -2.57. The van der Waals surface area contributed by atoms with Crippen LogP contribution in [0.3, 0.4) is 0 Å². The Kier molecular flexibility index (Phi) is 5.57. The van der Waals surface area contributed by atoms with Gasteiger partial charge < -0.3 is 26.2 Å². The van der Waals surface area contributed by atoms with Gasteiger partial charge >= 0.3 is 0 Å². The number of aliphatic hydroxyl groups excluding tert-OH is 2. The second kappa shape index (κ2) is 8.28. The van der Waals surface area contributed by atoms with Crippen LogP contribution in [0.25, 0.3) is 16.9 Å². The van der Waals surface area contributed by atoms with Crippen LogP contribution in [-0.4, -0.2) is 49.6 Å². The number of ketones is 2. The number of Topliss-reactive ketones (excluding diaryl/α,β-unsaturated/α-hetero) is 2. The maximum Gasteiger partial charge on any atom is 0.230 e. The van der Waals surface area contributed by atoms with Gasteiger partial charge in [-0.05, 0) is 59.4 Å². The average Bonchev–Trinajstić information content (AvgIpc) is 2.81. The first-order valence-corrected chi connectivity index (χ1v) is 12.1. The molecule has 5 rings (SSSR count). The van der Waals surface area contributed by atoms with Crippen LogP contribution >= 0.6 is 0 Å². The molecule has 36 heavy (non-hydrogen) atoms. The Bertz CT molecular complexity index is 1340. The fourth-order valence-electron chi connectivity index (χ4n) is 6.26. The fourth-order valence-corrected chi connectivity index (χ4v) is 6.26. The molecule has 2 aromatic carbocycles. The highest BCUT2D eigenvalue weighted by Gasteiger charge is 2.63. The third-order valence-corrected chi connectivity index (χ3v) is 8.13. The number of phenols is 1. The van der Waals surface area contributed by atoms with E-state index >= 15 is 0 Å². The van der Waals surface area contributed by atoms with E-state index in [9.17, 15) is 34.8 Å². The van der Waals surface area contributed by atoms with E-state index in [0.29, 0.717) is 11.5 Å². The quantitative estimate of drug-likeness (QED) is 0.412. The van der Waals surface area contributed by atoms with Crippen molar-refractivity contribution in [2.24, 2.45) is 23.5 Å². The van der Waals surface area contributed by atoms with E-state index in [4.69, 9.17) is 5.73 Å². The summed E-state index contributed by atoms with van der Waals surface area (Å²) in [5.74, 6) is -6.85. The normalized spacial score (nSPS) is 29.6. The summed E-state index contributed by atoms with van der Waals surface area (Å²) < 4.78 is 0. The molecule has 3 aliphatic carbocycles. The van der Waals surface area contributed by atoms with Crippen molar-refractivity contribution in [3.8, 4) is 16.9 Å². The van der Waals surface area contributed by atoms with Crippen LogP contribution < -0.4 is 5.73 Å². The van der Waals surface area contributed by atoms with E-state index in [2.05, 4.69) is 19.9 Å². The van der Waals surface area contributed by atoms with Crippen molar-refractivity contribution in [2.45, 2.75) is 50.7 Å². The Hall–Kier alpha value is -3.49. The average molecular weight is 492 g/mol. The first kappa shape index (κ1) is 24.2. The van der Waals surface area contributed by atoms with Gasteiger partial charge in [-0.15, -0.1) is 0 Å². The maximum absolute atomic E-state index is 13.6. The lowest BCUT2D eigenvalue weighted by Gasteiger charge is -2.48. The highest BCUT2D eigenvalue weighted by Crippen LogP contribution is 2.52. The van der Waals surface area contributed by atoms with Gasteiger partial charge in [-0.2, -0.15) is 0 Å². The van der Waals surface area contributed by atoms with Crippen molar-refractivity contribution in [3.05, 3.63) is 58.7 Å². The number of hydrogen-bond acceptors (Lipinski definition) is 7. The summed E-state index contributed by atoms with van der Waals surface area (Å²) in [5, 5.41) is 43.7. The zero-order valence-electron chi connectivity index (χ0n) is 20.1. The predicted octanol–water partition coefficient (Wildman–Crippen LogP) is 2.38. The van der Waals surface area contributed by atoms with Gasteiger partial charge in [0.15, 0.2) is 11.4 Å². The number of hydrogen-bond donors (Lipinski definition) is 5. The molecule has 2 unspecified atom stereocenters. The highest BCUT2D eigenvalue weighted by molar-refractivity contribution is 6.24. The van der Waals surface area contributed by atoms with Crippen molar-refractivity contribution in [3.63, 3.8) is 0 Å². The van der Waals surface area contributed by atoms with E-state index in [1.807, 2.05) is 18.2 Å². The van der Waals surface area contributed by atoms with E-state index in [1.54, 1.807) is 6.07 Å². The topological polar surface area (TPSA) is 158 Å². The Morgan fingerprint density at radius 2 is 1.83 bits per heavy atom. The summed E-state index contributed by atoms with van der Waals surface area (Å²) in [6.45, 7) is 4.17. The van der Waals surface area contributed by atoms with Crippen LogP contribution in [0.5, 0.6) is 5.75 Å². The van der Waals surface area contributed by atoms with Gasteiger partial charge in [-0.1, -0.05) is 44.2 Å². The van der Waals surface area contributed by atoms with E-state index in [-0.39, 0.29) is 36.1 Å². The Morgan fingerprint density at radius 3 is 2.50 bits per heavy atom. The molecule has 0 saturated heterocycles. The van der Waals surface area contributed by atoms with Crippen molar-refractivity contribution >= 4 is 23.2 Å². The monoisotopic (exact) mass is 491 g/mol. The number of aliphatic hydroxyl groups is 3. The number of carbonyl (C=O) groups is 3. The second-order valence-electron chi connectivity index (χ2n) is 10.5. The molecular formula is C28H29NO7. The van der Waals surface area contributed by atoms with E-state index < -0.39 is 52.7 Å². The first-order valence-electron chi connectivity index (χ1n) is 12.1. The summed E-state index contributed by atoms with van der Waals surface area (Å²) in [7, 11) is 0. The first-order chi connectivity index (χ1) is 17.0. The molecule has 0 radical (unpaired) electrons. The van der Waals surface area contributed by atoms with Crippen molar-refractivity contribution in [2.75, 3.05) is 0 Å². The third-order valence-electron chi connectivity index (χ3n) is 8.13. The molecule has 3 aliphatic rings. The summed E-state index contributed by atoms with van der Waals surface area (Å²) in [6, 6.07) is 11.2. The summed E-state index contributed by atoms with van der Waals surface area (Å²) >= 11 is 0. The number of amides is 1. The van der Waals surface area contributed by atoms with Crippen LogP contribution in [0.2, 0.25) is 0 Å². The minimum absolute atomic E-state index is 0.0962. The van der Waals surface area contributed by atoms with Gasteiger partial charge in [-0.25, -0.2) is 0 Å². The number of nitrogens with two attached hydrogens (primary N) is 1. The lowest BCUT2D eigenvalue weighted by molar-refractivity contribution is -0.174. The molecule has 0 spiro atoms. The molecule has 2 aromatic rings. The molecule has 2 saturated carbocycles. The predicted molar refractivity (Wildman–Crippen MR) is 131 cm³/mol. The van der Waals surface area contributed by atoms with Crippen molar-refractivity contribution in [1.29, 1.82) is 0 Å². The van der Waals surface area contributed by atoms with Gasteiger partial charge in [-0.3, -0.25) is 14.4 Å². The van der Waals surface area contributed by atoms with Crippen LogP contribution in [0, 0.1) is 17.8 Å². The molecule has 0 bridgehead atoms. The third kappa shape index (κ3) is 3.32. The smallest absolute Gasteiger partial charge is 0.230 e. The number of fused-ring (bicyclic) bond motifs is 3. The Labute approximate surface area is 208 Å². The lowest BCUT2D eigenvalue weighted by atomic mass is 9.56. The van der Waals surface area contributed by atoms with Crippen molar-refractivity contribution in [1.82, 2.24) is 0 Å². The van der Waals surface area contributed by atoms with Crippen LogP contribution in [0.4, 0.5) is 0 Å². The molecule has 0 aliphatic heterocycles. The fraction of sp³-hybridized carbons (Fsp3) is 0.393. The van der Waals surface area contributed by atoms with Crippen LogP contribution in [-0.2, 0) is 20.8 Å². The SMILES string of the molecule is CC(C)c1cccc(-c2ccc(O)c3c2C[C@H]2C[C@H]4CC(O)C(C(N)=O)C(=O)[C@@]4(O)C(=O)C2=C3O)c1. The summed E-state index contributed by atoms with van der Waals surface area (Å²) in [4.78, 5) is 38.5. The van der Waals surface area contributed by atoms with Gasteiger partial charge in [0.2, 0.25) is 11.7 Å². The summed E-state index contributed by atoms with van der Waals surface area (Å²) in [5.41, 5.74) is 6.16. The number of benzene rings is 2. The zero-order valence-corrected chi connectivity index (χ0v) is 20.1. The highest BCUT2D eigenvalue weighted by atomic mass is 16.3. The molecule has 8 heteroatoms. The van der Waals surface area contributed by atoms with Gasteiger partial charge in [0.1, 0.15) is 17.4 Å². The van der Waals surface area contributed by atoms with Gasteiger partial charge in [0.25, 0.3) is 0 Å². The molecule has 0 heterocycles. The lowest BCUT2D eigenvalue weighted by Crippen LogP contribution is -2.66. The summed E-state index contributed by atoms with van der Waals surface area (Å²) in [6.07, 6.45) is -1.13. The molecule has 1 amide bonds. The van der Waals surface area contributed by atoms with Crippen molar-refractivity contribution < 1.29 is 34.8 Å². The molecular weight excluding hydrogens is 462 g/mol. The van der Waals surface area contributed by atoms with Gasteiger partial charge in [0.05, 0.1) is 11.7 Å². The standard InChI is InChI=1S/C28H29NO7/c1-12(2)13-4-3-5-14(8-13)17-6-7-19(30)22-18(17)10-15-9-16-11-20(31)23(27(29)35)26(34)28(16,36)25(33)21(15)24(22)32/h3-8,12,15-16,20,23,30-32,36H,9-11H2,1-2H3,(H2,29,35)/t15-,16+,20?,23?,28+/m1/s1. The van der Waals surface area contributed by atoms with E-state index in [0.717, 1.165) is 16.7 Å². The second-order valence-corrected chi connectivity index (χ2v) is 10.5. The Balaban J connectivity index is 1.66. The zero-order chi connectivity index (χ0) is 26.1. The molecule has 8 nitrogen and oxygen atoms in total. The van der Waals surface area contributed by atoms with Crippen LogP contribution in [0.1, 0.15) is 49.3 Å². The van der Waals surface area contributed by atoms with E-state index in [1.165, 1.54) is 6.07 Å². The van der Waals surface area contributed by atoms with Crippen LogP contribution in [0.15, 0.2) is 42.0 Å². The minimum Gasteiger partial charge on any atom is -0.507 e. The Morgan fingerprint density at radius 1 is 1.11 bits per heavy atom. The molecule has 0 aromatic heterocycles. The largest absolute Gasteiger partial charge is 0.507 e. The number of rotatable bonds is 3. The molecule has 188 valence electrons. The number of carbonyl (C=O) groups excluding carboxylic acids is 3.